The molecule has 3 rings (SSSR count). The van der Waals surface area contributed by atoms with Gasteiger partial charge in [0.05, 0.1) is 11.1 Å². The van der Waals surface area contributed by atoms with E-state index in [1.165, 1.54) is 6.20 Å². The monoisotopic (exact) mass is 372 g/mol. The Labute approximate surface area is 140 Å². The molecule has 0 radical (unpaired) electrons. The molecule has 0 saturated carbocycles. The highest BCUT2D eigenvalue weighted by Gasteiger charge is 2.15. The Kier molecular flexibility index (Phi) is 3.96. The summed E-state index contributed by atoms with van der Waals surface area (Å²) in [4.78, 5) is 16.1. The smallest absolute Gasteiger partial charge is 0.296 e. The lowest BCUT2D eigenvalue weighted by Gasteiger charge is -1.96. The van der Waals surface area contributed by atoms with E-state index in [1.54, 1.807) is 23.7 Å². The minimum Gasteiger partial charge on any atom is -0.493 e. The van der Waals surface area contributed by atoms with Crippen LogP contribution in [0.3, 0.4) is 0 Å². The van der Waals surface area contributed by atoms with Crippen molar-refractivity contribution >= 4 is 38.4 Å². The van der Waals surface area contributed by atoms with Crippen LogP contribution in [0.5, 0.6) is 5.88 Å². The summed E-state index contributed by atoms with van der Waals surface area (Å²) >= 11 is 3.39. The fraction of sp³-hybridized carbons (Fsp3) is 0.125. The third kappa shape index (κ3) is 2.87. The highest BCUT2D eigenvalue weighted by molar-refractivity contribution is 9.10. The first kappa shape index (κ1) is 15.4. The largest absolute Gasteiger partial charge is 0.493 e. The van der Waals surface area contributed by atoms with Crippen LogP contribution in [0.25, 0.3) is 10.9 Å². The van der Waals surface area contributed by atoms with Crippen LogP contribution in [0.1, 0.15) is 16.1 Å². The molecule has 1 N–H and O–H groups in total. The van der Waals surface area contributed by atoms with Gasteiger partial charge in [0.15, 0.2) is 5.69 Å². The summed E-state index contributed by atoms with van der Waals surface area (Å²) in [6.45, 7) is 1.84. The molecule has 1 aromatic carbocycles. The van der Waals surface area contributed by atoms with Gasteiger partial charge in [0.1, 0.15) is 0 Å². The molecule has 0 unspecified atom stereocenters. The summed E-state index contributed by atoms with van der Waals surface area (Å²) in [5, 5.41) is 18.6. The SMILES string of the molecule is Cc1ccc(C(=O)N=Nc2c(O)n(C)c3ccc(Br)cc23)cn1. The average molecular weight is 373 g/mol. The van der Waals surface area contributed by atoms with Gasteiger partial charge in [-0.25, -0.2) is 0 Å². The Morgan fingerprint density at radius 1 is 1.30 bits per heavy atom. The summed E-state index contributed by atoms with van der Waals surface area (Å²) in [6, 6.07) is 8.91. The second-order valence-electron chi connectivity index (χ2n) is 5.09. The Bertz CT molecular complexity index is 929. The molecule has 0 atom stereocenters. The first-order valence-corrected chi connectivity index (χ1v) is 7.62. The maximum atomic E-state index is 12.1. The number of aromatic hydroxyl groups is 1. The van der Waals surface area contributed by atoms with E-state index in [2.05, 4.69) is 31.1 Å². The van der Waals surface area contributed by atoms with Crippen molar-refractivity contribution < 1.29 is 9.90 Å². The van der Waals surface area contributed by atoms with Gasteiger partial charge in [0.2, 0.25) is 5.88 Å². The molecule has 116 valence electrons. The van der Waals surface area contributed by atoms with Crippen molar-refractivity contribution in [3.05, 3.63) is 52.3 Å². The molecule has 23 heavy (non-hydrogen) atoms. The van der Waals surface area contributed by atoms with Crippen molar-refractivity contribution in [2.45, 2.75) is 6.92 Å². The van der Waals surface area contributed by atoms with E-state index in [-0.39, 0.29) is 11.6 Å². The lowest BCUT2D eigenvalue weighted by molar-refractivity contribution is 0.0994. The number of carbonyl (C=O) groups is 1. The standard InChI is InChI=1S/C16H13BrN4O2/c1-9-3-4-10(8-18-9)15(22)20-19-14-12-7-11(17)5-6-13(12)21(2)16(14)23/h3-8,23H,1-2H3. The summed E-state index contributed by atoms with van der Waals surface area (Å²) in [5.74, 6) is -0.555. The Morgan fingerprint density at radius 2 is 2.09 bits per heavy atom. The minimum absolute atomic E-state index is 0.0447. The van der Waals surface area contributed by atoms with Crippen LogP contribution in [0.15, 0.2) is 51.2 Å². The van der Waals surface area contributed by atoms with Crippen LogP contribution in [-0.4, -0.2) is 20.6 Å². The molecule has 0 aliphatic heterocycles. The van der Waals surface area contributed by atoms with Crippen LogP contribution in [0, 0.1) is 6.92 Å². The van der Waals surface area contributed by atoms with E-state index in [0.29, 0.717) is 10.9 Å². The lowest BCUT2D eigenvalue weighted by Crippen LogP contribution is -1.95. The van der Waals surface area contributed by atoms with Crippen LogP contribution >= 0.6 is 15.9 Å². The molecule has 0 fully saturated rings. The number of aryl methyl sites for hydroxylation is 2. The molecule has 0 spiro atoms. The summed E-state index contributed by atoms with van der Waals surface area (Å²) in [6.07, 6.45) is 1.45. The summed E-state index contributed by atoms with van der Waals surface area (Å²) in [5.41, 5.74) is 2.22. The van der Waals surface area contributed by atoms with Crippen molar-refractivity contribution in [3.63, 3.8) is 0 Å². The van der Waals surface area contributed by atoms with Crippen molar-refractivity contribution in [2.75, 3.05) is 0 Å². The molecular weight excluding hydrogens is 360 g/mol. The van der Waals surface area contributed by atoms with E-state index in [0.717, 1.165) is 15.7 Å². The van der Waals surface area contributed by atoms with E-state index >= 15 is 0 Å². The van der Waals surface area contributed by atoms with Gasteiger partial charge in [-0.05, 0) is 37.3 Å². The number of pyridine rings is 1. The van der Waals surface area contributed by atoms with Crippen molar-refractivity contribution in [1.29, 1.82) is 0 Å². The molecule has 0 aliphatic rings. The van der Waals surface area contributed by atoms with Gasteiger partial charge in [0.25, 0.3) is 5.91 Å². The fourth-order valence-electron chi connectivity index (χ4n) is 2.23. The molecule has 2 aromatic heterocycles. The molecule has 0 aliphatic carbocycles. The van der Waals surface area contributed by atoms with Crippen molar-refractivity contribution in [2.24, 2.45) is 17.3 Å². The number of hydrogen-bond acceptors (Lipinski definition) is 4. The number of amides is 1. The zero-order valence-corrected chi connectivity index (χ0v) is 14.1. The number of halogens is 1. The molecule has 3 aromatic rings. The number of hydrogen-bond donors (Lipinski definition) is 1. The van der Waals surface area contributed by atoms with Gasteiger partial charge in [-0.15, -0.1) is 10.2 Å². The zero-order valence-electron chi connectivity index (χ0n) is 12.5. The maximum absolute atomic E-state index is 12.1. The minimum atomic E-state index is -0.510. The van der Waals surface area contributed by atoms with E-state index in [9.17, 15) is 9.90 Å². The molecule has 0 bridgehead atoms. The molecule has 1 amide bonds. The number of fused-ring (bicyclic) bond motifs is 1. The first-order chi connectivity index (χ1) is 11.0. The van der Waals surface area contributed by atoms with E-state index < -0.39 is 5.91 Å². The van der Waals surface area contributed by atoms with Gasteiger partial charge >= 0.3 is 0 Å². The first-order valence-electron chi connectivity index (χ1n) is 6.83. The Hall–Kier alpha value is -2.54. The number of benzene rings is 1. The van der Waals surface area contributed by atoms with Crippen LogP contribution in [0.2, 0.25) is 0 Å². The number of nitrogens with zero attached hydrogens (tertiary/aromatic N) is 4. The highest BCUT2D eigenvalue weighted by atomic mass is 79.9. The number of aromatic nitrogens is 2. The molecule has 2 heterocycles. The number of rotatable bonds is 2. The molecule has 7 heteroatoms. The topological polar surface area (TPSA) is 79.8 Å². The quantitative estimate of drug-likeness (QED) is 0.681. The number of carbonyl (C=O) groups excluding carboxylic acids is 1. The molecular formula is C16H13BrN4O2. The Morgan fingerprint density at radius 3 is 2.78 bits per heavy atom. The van der Waals surface area contributed by atoms with Crippen LogP contribution in [0.4, 0.5) is 5.69 Å². The third-order valence-corrected chi connectivity index (χ3v) is 4.00. The van der Waals surface area contributed by atoms with Crippen LogP contribution in [-0.2, 0) is 7.05 Å². The lowest BCUT2D eigenvalue weighted by atomic mass is 10.2. The normalized spacial score (nSPS) is 11.4. The number of azo groups is 1. The maximum Gasteiger partial charge on any atom is 0.296 e. The van der Waals surface area contributed by atoms with Gasteiger partial charge in [-0.2, -0.15) is 0 Å². The third-order valence-electron chi connectivity index (χ3n) is 3.50. The second-order valence-corrected chi connectivity index (χ2v) is 6.00. The predicted octanol–water partition coefficient (Wildman–Crippen LogP) is 4.27. The predicted molar refractivity (Wildman–Crippen MR) is 90.1 cm³/mol. The highest BCUT2D eigenvalue weighted by Crippen LogP contribution is 2.39. The van der Waals surface area contributed by atoms with Gasteiger partial charge < -0.3 is 9.67 Å². The van der Waals surface area contributed by atoms with Crippen LogP contribution < -0.4 is 0 Å². The zero-order chi connectivity index (χ0) is 16.6. The van der Waals surface area contributed by atoms with Gasteiger partial charge in [0, 0.05) is 28.8 Å². The fourth-order valence-corrected chi connectivity index (χ4v) is 2.59. The van der Waals surface area contributed by atoms with E-state index in [4.69, 9.17) is 0 Å². The van der Waals surface area contributed by atoms with Gasteiger partial charge in [-0.3, -0.25) is 9.78 Å². The molecule has 0 saturated heterocycles. The van der Waals surface area contributed by atoms with Crippen molar-refractivity contribution in [1.82, 2.24) is 9.55 Å². The van der Waals surface area contributed by atoms with Crippen molar-refractivity contribution in [3.8, 4) is 5.88 Å². The Balaban J connectivity index is 2.01. The van der Waals surface area contributed by atoms with E-state index in [1.807, 2.05) is 25.1 Å². The average Bonchev–Trinajstić information content (AvgIpc) is 2.77. The second kappa shape index (κ2) is 5.92. The molecule has 6 nitrogen and oxygen atoms in total. The summed E-state index contributed by atoms with van der Waals surface area (Å²) in [7, 11) is 1.72. The van der Waals surface area contributed by atoms with Gasteiger partial charge in [-0.1, -0.05) is 15.9 Å². The summed E-state index contributed by atoms with van der Waals surface area (Å²) < 4.78 is 2.44.